The molecule has 0 saturated heterocycles. The van der Waals surface area contributed by atoms with E-state index in [0.717, 1.165) is 12.0 Å². The second-order valence-electron chi connectivity index (χ2n) is 5.96. The van der Waals surface area contributed by atoms with E-state index in [9.17, 15) is 8.42 Å². The molecule has 23 heavy (non-hydrogen) atoms. The van der Waals surface area contributed by atoms with Crippen molar-refractivity contribution in [3.63, 3.8) is 0 Å². The van der Waals surface area contributed by atoms with Crippen molar-refractivity contribution in [2.24, 2.45) is 0 Å². The third kappa shape index (κ3) is 4.20. The lowest BCUT2D eigenvalue weighted by Gasteiger charge is -2.10. The van der Waals surface area contributed by atoms with Gasteiger partial charge in [-0.05, 0) is 43.7 Å². The van der Waals surface area contributed by atoms with E-state index in [2.05, 4.69) is 53.0 Å². The second-order valence-corrected chi connectivity index (χ2v) is 7.67. The smallest absolute Gasteiger partial charge is 0.244 e. The maximum atomic E-state index is 12.3. The van der Waals surface area contributed by atoms with E-state index in [-0.39, 0.29) is 4.90 Å². The zero-order valence-corrected chi connectivity index (χ0v) is 15.0. The fraction of sp³-hybridized carbons (Fsp3) is 0.471. The Bertz CT molecular complexity index is 729. The summed E-state index contributed by atoms with van der Waals surface area (Å²) < 4.78 is 27.3. The fourth-order valence-electron chi connectivity index (χ4n) is 2.59. The highest BCUT2D eigenvalue weighted by molar-refractivity contribution is 7.89. The van der Waals surface area contributed by atoms with Crippen LogP contribution in [0.15, 0.2) is 29.2 Å². The van der Waals surface area contributed by atoms with Crippen LogP contribution in [0.4, 0.5) is 0 Å². The first-order valence-corrected chi connectivity index (χ1v) is 9.43. The molecule has 2 N–H and O–H groups in total. The quantitative estimate of drug-likeness (QED) is 0.816. The van der Waals surface area contributed by atoms with E-state index >= 15 is 0 Å². The Labute approximate surface area is 138 Å². The molecule has 0 aliphatic carbocycles. The van der Waals surface area contributed by atoms with Crippen LogP contribution in [0.25, 0.3) is 0 Å². The van der Waals surface area contributed by atoms with E-state index in [1.165, 1.54) is 5.56 Å². The van der Waals surface area contributed by atoms with Crippen molar-refractivity contribution >= 4 is 10.0 Å². The molecule has 0 amide bonds. The first-order valence-electron chi connectivity index (χ1n) is 7.95. The van der Waals surface area contributed by atoms with Gasteiger partial charge in [0, 0.05) is 6.54 Å². The molecule has 2 aromatic rings. The van der Waals surface area contributed by atoms with E-state index in [0.29, 0.717) is 30.3 Å². The highest BCUT2D eigenvalue weighted by Crippen LogP contribution is 2.19. The molecule has 1 atom stereocenters. The van der Waals surface area contributed by atoms with Gasteiger partial charge in [-0.15, -0.1) is 0 Å². The van der Waals surface area contributed by atoms with Gasteiger partial charge in [-0.2, -0.15) is 5.10 Å². The van der Waals surface area contributed by atoms with Crippen molar-refractivity contribution < 1.29 is 8.42 Å². The summed E-state index contributed by atoms with van der Waals surface area (Å²) in [5.41, 5.74) is 3.50. The average molecular weight is 335 g/mol. The van der Waals surface area contributed by atoms with Crippen LogP contribution in [0, 0.1) is 13.8 Å². The van der Waals surface area contributed by atoms with Crippen LogP contribution in [-0.4, -0.2) is 25.2 Å². The van der Waals surface area contributed by atoms with Crippen molar-refractivity contribution in [2.45, 2.75) is 51.3 Å². The maximum absolute atomic E-state index is 12.3. The Kier molecular flexibility index (Phi) is 5.59. The van der Waals surface area contributed by atoms with Crippen LogP contribution in [0.5, 0.6) is 0 Å². The van der Waals surface area contributed by atoms with Gasteiger partial charge in [0.05, 0.1) is 11.4 Å². The van der Waals surface area contributed by atoms with Gasteiger partial charge in [0.1, 0.15) is 4.90 Å². The van der Waals surface area contributed by atoms with Gasteiger partial charge in [-0.3, -0.25) is 5.10 Å². The SMILES string of the molecule is CCC(C)c1ccc(CCNS(=O)(=O)c2c(C)n[nH]c2C)cc1. The Balaban J connectivity index is 1.97. The minimum absolute atomic E-state index is 0.254. The van der Waals surface area contributed by atoms with Crippen molar-refractivity contribution in [2.75, 3.05) is 6.54 Å². The molecule has 5 nitrogen and oxygen atoms in total. The molecule has 0 saturated carbocycles. The number of nitrogens with one attached hydrogen (secondary N) is 2. The number of rotatable bonds is 7. The molecule has 126 valence electrons. The number of benzene rings is 1. The van der Waals surface area contributed by atoms with Crippen molar-refractivity contribution in [1.82, 2.24) is 14.9 Å². The molecule has 0 radical (unpaired) electrons. The lowest BCUT2D eigenvalue weighted by Crippen LogP contribution is -2.26. The largest absolute Gasteiger partial charge is 0.281 e. The number of sulfonamides is 1. The van der Waals surface area contributed by atoms with Crippen LogP contribution < -0.4 is 4.72 Å². The molecule has 0 fully saturated rings. The molecule has 0 aliphatic heterocycles. The number of aromatic amines is 1. The zero-order valence-electron chi connectivity index (χ0n) is 14.2. The van der Waals surface area contributed by atoms with Crippen LogP contribution in [-0.2, 0) is 16.4 Å². The van der Waals surface area contributed by atoms with Crippen LogP contribution in [0.3, 0.4) is 0 Å². The monoisotopic (exact) mass is 335 g/mol. The van der Waals surface area contributed by atoms with E-state index in [1.54, 1.807) is 13.8 Å². The summed E-state index contributed by atoms with van der Waals surface area (Å²) in [5, 5.41) is 6.64. The number of hydrogen-bond donors (Lipinski definition) is 2. The minimum atomic E-state index is -3.52. The highest BCUT2D eigenvalue weighted by Gasteiger charge is 2.21. The molecule has 2 rings (SSSR count). The highest BCUT2D eigenvalue weighted by atomic mass is 32.2. The summed E-state index contributed by atoms with van der Waals surface area (Å²) in [6.45, 7) is 8.15. The third-order valence-electron chi connectivity index (χ3n) is 4.20. The summed E-state index contributed by atoms with van der Waals surface area (Å²) in [4.78, 5) is 0.254. The topological polar surface area (TPSA) is 74.8 Å². The lowest BCUT2D eigenvalue weighted by atomic mass is 9.97. The van der Waals surface area contributed by atoms with Gasteiger partial charge in [-0.1, -0.05) is 38.1 Å². The predicted molar refractivity (Wildman–Crippen MR) is 92.1 cm³/mol. The van der Waals surface area contributed by atoms with Gasteiger partial charge in [0.25, 0.3) is 0 Å². The van der Waals surface area contributed by atoms with Gasteiger partial charge >= 0.3 is 0 Å². The molecule has 1 heterocycles. The van der Waals surface area contributed by atoms with E-state index in [4.69, 9.17) is 0 Å². The molecular formula is C17H25N3O2S. The third-order valence-corrected chi connectivity index (χ3v) is 5.92. The Hall–Kier alpha value is -1.66. The fourth-order valence-corrected chi connectivity index (χ4v) is 3.99. The lowest BCUT2D eigenvalue weighted by molar-refractivity contribution is 0.580. The van der Waals surface area contributed by atoms with Crippen molar-refractivity contribution in [3.05, 3.63) is 46.8 Å². The van der Waals surface area contributed by atoms with E-state index in [1.807, 2.05) is 0 Å². The Morgan fingerprint density at radius 2 is 1.87 bits per heavy atom. The molecule has 1 unspecified atom stereocenters. The van der Waals surface area contributed by atoms with Gasteiger partial charge in [0.2, 0.25) is 10.0 Å². The average Bonchev–Trinajstić information content (AvgIpc) is 2.86. The number of aryl methyl sites for hydroxylation is 2. The summed E-state index contributed by atoms with van der Waals surface area (Å²) >= 11 is 0. The maximum Gasteiger partial charge on any atom is 0.244 e. The Morgan fingerprint density at radius 3 is 2.39 bits per heavy atom. The number of nitrogens with zero attached hydrogens (tertiary/aromatic N) is 1. The summed E-state index contributed by atoms with van der Waals surface area (Å²) in [6, 6.07) is 8.40. The molecule has 1 aromatic heterocycles. The summed E-state index contributed by atoms with van der Waals surface area (Å²) in [5.74, 6) is 0.551. The number of H-pyrrole nitrogens is 1. The van der Waals surface area contributed by atoms with Gasteiger partial charge < -0.3 is 0 Å². The van der Waals surface area contributed by atoms with Gasteiger partial charge in [-0.25, -0.2) is 13.1 Å². The predicted octanol–water partition coefficient (Wildman–Crippen LogP) is 3.06. The van der Waals surface area contributed by atoms with Crippen LogP contribution >= 0.6 is 0 Å². The van der Waals surface area contributed by atoms with Crippen LogP contribution in [0.2, 0.25) is 0 Å². The molecule has 6 heteroatoms. The first-order chi connectivity index (χ1) is 10.8. The summed E-state index contributed by atoms with van der Waals surface area (Å²) in [7, 11) is -3.52. The minimum Gasteiger partial charge on any atom is -0.281 e. The van der Waals surface area contributed by atoms with Crippen LogP contribution in [0.1, 0.15) is 48.7 Å². The number of aromatic nitrogens is 2. The van der Waals surface area contributed by atoms with Crippen molar-refractivity contribution in [1.29, 1.82) is 0 Å². The first kappa shape index (κ1) is 17.7. The van der Waals surface area contributed by atoms with E-state index < -0.39 is 10.0 Å². The summed E-state index contributed by atoms with van der Waals surface area (Å²) in [6.07, 6.45) is 1.78. The zero-order chi connectivity index (χ0) is 17.0. The molecule has 0 aliphatic rings. The molecule has 0 spiro atoms. The Morgan fingerprint density at radius 1 is 1.22 bits per heavy atom. The number of hydrogen-bond acceptors (Lipinski definition) is 3. The van der Waals surface area contributed by atoms with Gasteiger partial charge in [0.15, 0.2) is 0 Å². The normalized spacial score (nSPS) is 13.2. The standard InChI is InChI=1S/C17H25N3O2S/c1-5-12(2)16-8-6-15(7-9-16)10-11-18-23(21,22)17-13(3)19-20-14(17)4/h6-9,12,18H,5,10-11H2,1-4H3,(H,19,20). The molecule has 0 bridgehead atoms. The second kappa shape index (κ2) is 7.27. The van der Waals surface area contributed by atoms with Crippen molar-refractivity contribution in [3.8, 4) is 0 Å². The molecule has 1 aromatic carbocycles. The molecular weight excluding hydrogens is 310 g/mol.